The Morgan fingerprint density at radius 1 is 1.06 bits per heavy atom. The Hall–Kier alpha value is -1.15. The molecule has 17 heavy (non-hydrogen) atoms. The molecule has 0 amide bonds. The van der Waals surface area contributed by atoms with E-state index in [2.05, 4.69) is 28.1 Å². The fourth-order valence-corrected chi connectivity index (χ4v) is 2.57. The molecule has 2 heteroatoms. The fraction of sp³-hybridized carbons (Fsp3) is 0.200. The first-order chi connectivity index (χ1) is 8.18. The van der Waals surface area contributed by atoms with Crippen LogP contribution in [0.4, 0.5) is 4.39 Å². The molecule has 1 atom stereocenters. The molecule has 0 aliphatic heterocycles. The molecule has 0 saturated carbocycles. The molecule has 1 unspecified atom stereocenters. The number of hydrogen-bond acceptors (Lipinski definition) is 0. The van der Waals surface area contributed by atoms with E-state index in [0.29, 0.717) is 5.56 Å². The highest BCUT2D eigenvalue weighted by Gasteiger charge is 2.14. The van der Waals surface area contributed by atoms with Crippen LogP contribution in [0.3, 0.4) is 0 Å². The minimum atomic E-state index is -0.106. The lowest BCUT2D eigenvalue weighted by atomic mass is 10.0. The SMILES string of the molecule is Cc1cccc(C(Br)Cc2ccccc2)c1F. The van der Waals surface area contributed by atoms with Gasteiger partial charge in [0.2, 0.25) is 0 Å². The van der Waals surface area contributed by atoms with Crippen molar-refractivity contribution in [3.63, 3.8) is 0 Å². The standard InChI is InChI=1S/C15H14BrF/c1-11-6-5-9-13(15(11)17)14(16)10-12-7-3-2-4-8-12/h2-9,14H,10H2,1H3. The second-order valence-electron chi connectivity index (χ2n) is 4.14. The van der Waals surface area contributed by atoms with E-state index in [0.717, 1.165) is 12.0 Å². The van der Waals surface area contributed by atoms with Crippen molar-refractivity contribution in [2.24, 2.45) is 0 Å². The Labute approximate surface area is 110 Å². The summed E-state index contributed by atoms with van der Waals surface area (Å²) in [7, 11) is 0. The predicted octanol–water partition coefficient (Wildman–Crippen LogP) is 4.81. The average molecular weight is 293 g/mol. The third-order valence-electron chi connectivity index (χ3n) is 2.82. The minimum Gasteiger partial charge on any atom is -0.206 e. The zero-order valence-electron chi connectivity index (χ0n) is 9.66. The molecule has 0 spiro atoms. The maximum atomic E-state index is 13.9. The van der Waals surface area contributed by atoms with E-state index in [9.17, 15) is 4.39 Å². The Morgan fingerprint density at radius 3 is 2.47 bits per heavy atom. The van der Waals surface area contributed by atoms with Crippen LogP contribution in [0, 0.1) is 12.7 Å². The Morgan fingerprint density at radius 2 is 1.76 bits per heavy atom. The van der Waals surface area contributed by atoms with Gasteiger partial charge in [0.15, 0.2) is 0 Å². The monoisotopic (exact) mass is 292 g/mol. The molecule has 0 aromatic heterocycles. The van der Waals surface area contributed by atoms with Crippen LogP contribution in [-0.2, 0) is 6.42 Å². The van der Waals surface area contributed by atoms with Crippen molar-refractivity contribution in [1.29, 1.82) is 0 Å². The van der Waals surface area contributed by atoms with Gasteiger partial charge in [0.25, 0.3) is 0 Å². The first-order valence-corrected chi connectivity index (χ1v) is 6.53. The van der Waals surface area contributed by atoms with Gasteiger partial charge in [-0.25, -0.2) is 4.39 Å². The molecule has 2 rings (SSSR count). The van der Waals surface area contributed by atoms with E-state index in [1.54, 1.807) is 13.0 Å². The van der Waals surface area contributed by atoms with E-state index < -0.39 is 0 Å². The first kappa shape index (κ1) is 12.3. The molecule has 0 aliphatic carbocycles. The van der Waals surface area contributed by atoms with Gasteiger partial charge >= 0.3 is 0 Å². The highest BCUT2D eigenvalue weighted by atomic mass is 79.9. The van der Waals surface area contributed by atoms with Gasteiger partial charge in [0.1, 0.15) is 5.82 Å². The van der Waals surface area contributed by atoms with Crippen molar-refractivity contribution >= 4 is 15.9 Å². The highest BCUT2D eigenvalue weighted by Crippen LogP contribution is 2.30. The summed E-state index contributed by atoms with van der Waals surface area (Å²) in [5, 5.41) is 0. The van der Waals surface area contributed by atoms with E-state index in [-0.39, 0.29) is 10.6 Å². The molecule has 0 nitrogen and oxygen atoms in total. The minimum absolute atomic E-state index is 0.0183. The number of rotatable bonds is 3. The van der Waals surface area contributed by atoms with Gasteiger partial charge < -0.3 is 0 Å². The molecule has 0 heterocycles. The summed E-state index contributed by atoms with van der Waals surface area (Å²) >= 11 is 3.57. The van der Waals surface area contributed by atoms with E-state index in [4.69, 9.17) is 0 Å². The van der Waals surface area contributed by atoms with Crippen LogP contribution in [0.15, 0.2) is 48.5 Å². The normalized spacial score (nSPS) is 12.4. The third-order valence-corrected chi connectivity index (χ3v) is 3.63. The van der Waals surface area contributed by atoms with Crippen LogP contribution < -0.4 is 0 Å². The number of hydrogen-bond donors (Lipinski definition) is 0. The Bertz CT molecular complexity index is 494. The molecule has 0 saturated heterocycles. The lowest BCUT2D eigenvalue weighted by Crippen LogP contribution is -2.00. The molecule has 0 aliphatic rings. The van der Waals surface area contributed by atoms with Gasteiger partial charge in [0.05, 0.1) is 0 Å². The molecule has 0 fully saturated rings. The summed E-state index contributed by atoms with van der Waals surface area (Å²) in [6, 6.07) is 15.6. The zero-order valence-corrected chi connectivity index (χ0v) is 11.2. The van der Waals surface area contributed by atoms with Crippen molar-refractivity contribution in [3.05, 3.63) is 71.0 Å². The van der Waals surface area contributed by atoms with Crippen molar-refractivity contribution in [1.82, 2.24) is 0 Å². The van der Waals surface area contributed by atoms with Gasteiger partial charge in [-0.2, -0.15) is 0 Å². The third kappa shape index (κ3) is 2.95. The summed E-state index contributed by atoms with van der Waals surface area (Å²) in [6.45, 7) is 1.79. The number of halogens is 2. The lowest BCUT2D eigenvalue weighted by molar-refractivity contribution is 0.599. The van der Waals surface area contributed by atoms with Crippen LogP contribution in [0.25, 0.3) is 0 Å². The van der Waals surface area contributed by atoms with E-state index in [1.165, 1.54) is 5.56 Å². The van der Waals surface area contributed by atoms with Gasteiger partial charge in [-0.1, -0.05) is 64.5 Å². The maximum absolute atomic E-state index is 13.9. The largest absolute Gasteiger partial charge is 0.206 e. The van der Waals surface area contributed by atoms with Crippen LogP contribution in [0.1, 0.15) is 21.5 Å². The maximum Gasteiger partial charge on any atom is 0.130 e. The van der Waals surface area contributed by atoms with Crippen molar-refractivity contribution < 1.29 is 4.39 Å². The van der Waals surface area contributed by atoms with E-state index in [1.807, 2.05) is 30.3 Å². The first-order valence-electron chi connectivity index (χ1n) is 5.61. The summed E-state index contributed by atoms with van der Waals surface area (Å²) in [5.41, 5.74) is 2.63. The van der Waals surface area contributed by atoms with Crippen LogP contribution in [0.2, 0.25) is 0 Å². The molecule has 0 bridgehead atoms. The molecular weight excluding hydrogens is 279 g/mol. The lowest BCUT2D eigenvalue weighted by Gasteiger charge is -2.12. The van der Waals surface area contributed by atoms with Gasteiger partial charge in [-0.15, -0.1) is 0 Å². The van der Waals surface area contributed by atoms with Crippen LogP contribution >= 0.6 is 15.9 Å². The fourth-order valence-electron chi connectivity index (χ4n) is 1.84. The smallest absolute Gasteiger partial charge is 0.130 e. The van der Waals surface area contributed by atoms with E-state index >= 15 is 0 Å². The second-order valence-corrected chi connectivity index (χ2v) is 5.24. The Kier molecular flexibility index (Phi) is 3.95. The number of benzene rings is 2. The summed E-state index contributed by atoms with van der Waals surface area (Å²) in [5.74, 6) is -0.106. The Balaban J connectivity index is 2.20. The van der Waals surface area contributed by atoms with Crippen LogP contribution in [-0.4, -0.2) is 0 Å². The highest BCUT2D eigenvalue weighted by molar-refractivity contribution is 9.09. The summed E-state index contributed by atoms with van der Waals surface area (Å²) in [6.07, 6.45) is 0.793. The van der Waals surface area contributed by atoms with Gasteiger partial charge in [0, 0.05) is 10.4 Å². The van der Waals surface area contributed by atoms with Crippen molar-refractivity contribution in [2.45, 2.75) is 18.2 Å². The molecule has 88 valence electrons. The topological polar surface area (TPSA) is 0 Å². The average Bonchev–Trinajstić information content (AvgIpc) is 2.34. The molecule has 2 aromatic rings. The molecule has 0 radical (unpaired) electrons. The van der Waals surface area contributed by atoms with Crippen LogP contribution in [0.5, 0.6) is 0 Å². The van der Waals surface area contributed by atoms with Crippen molar-refractivity contribution in [3.8, 4) is 0 Å². The molecular formula is C15H14BrF. The molecule has 0 N–H and O–H groups in total. The quantitative estimate of drug-likeness (QED) is 0.712. The molecule has 2 aromatic carbocycles. The summed E-state index contributed by atoms with van der Waals surface area (Å²) < 4.78 is 13.9. The predicted molar refractivity (Wildman–Crippen MR) is 73.0 cm³/mol. The van der Waals surface area contributed by atoms with Crippen molar-refractivity contribution in [2.75, 3.05) is 0 Å². The van der Waals surface area contributed by atoms with Gasteiger partial charge in [-0.3, -0.25) is 0 Å². The van der Waals surface area contributed by atoms with Gasteiger partial charge in [-0.05, 0) is 24.5 Å². The number of alkyl halides is 1. The second kappa shape index (κ2) is 5.46. The zero-order chi connectivity index (χ0) is 12.3. The summed E-state index contributed by atoms with van der Waals surface area (Å²) in [4.78, 5) is 0.0183. The number of aryl methyl sites for hydroxylation is 1.